The molecule has 1 atom stereocenters. The van der Waals surface area contributed by atoms with E-state index in [0.717, 1.165) is 6.54 Å². The maximum atomic E-state index is 11.1. The van der Waals surface area contributed by atoms with Crippen molar-refractivity contribution in [3.05, 3.63) is 0 Å². The zero-order chi connectivity index (χ0) is 8.65. The number of cyclic esters (lactones) is 1. The maximum Gasteiger partial charge on any atom is 0.410 e. The van der Waals surface area contributed by atoms with Crippen molar-refractivity contribution in [3.63, 3.8) is 0 Å². The molecule has 11 heavy (non-hydrogen) atoms. The monoisotopic (exact) mass is 157 g/mol. The molecule has 1 heterocycles. The van der Waals surface area contributed by atoms with Crippen molar-refractivity contribution in [2.24, 2.45) is 0 Å². The predicted octanol–water partition coefficient (Wildman–Crippen LogP) is 1.63. The van der Waals surface area contributed by atoms with Gasteiger partial charge in [-0.25, -0.2) is 4.79 Å². The molecule has 64 valence electrons. The van der Waals surface area contributed by atoms with Crippen LogP contribution >= 0.6 is 0 Å². The van der Waals surface area contributed by atoms with Gasteiger partial charge in [-0.15, -0.1) is 0 Å². The van der Waals surface area contributed by atoms with Crippen molar-refractivity contribution < 1.29 is 9.53 Å². The first-order valence-electron chi connectivity index (χ1n) is 3.98. The van der Waals surface area contributed by atoms with Crippen molar-refractivity contribution in [2.75, 3.05) is 6.54 Å². The van der Waals surface area contributed by atoms with Gasteiger partial charge in [0.1, 0.15) is 5.60 Å². The summed E-state index contributed by atoms with van der Waals surface area (Å²) in [5.74, 6) is 0. The number of carbonyl (C=O) groups excluding carboxylic acids is 1. The zero-order valence-corrected chi connectivity index (χ0v) is 7.55. The second kappa shape index (κ2) is 2.40. The van der Waals surface area contributed by atoms with Crippen LogP contribution < -0.4 is 0 Å². The van der Waals surface area contributed by atoms with E-state index in [1.165, 1.54) is 0 Å². The van der Waals surface area contributed by atoms with Gasteiger partial charge in [-0.3, -0.25) is 0 Å². The van der Waals surface area contributed by atoms with E-state index in [1.54, 1.807) is 4.90 Å². The molecule has 0 N–H and O–H groups in total. The lowest BCUT2D eigenvalue weighted by Crippen LogP contribution is -2.38. The Bertz CT molecular complexity index is 177. The molecule has 1 fully saturated rings. The van der Waals surface area contributed by atoms with Crippen LogP contribution in [0.2, 0.25) is 0 Å². The standard InChI is InChI=1S/C8H15NO2/c1-5-9-6(2)8(3,4)11-7(9)10/h6H,5H2,1-4H3/t6-/m0/s1. The molecule has 1 rings (SSSR count). The summed E-state index contributed by atoms with van der Waals surface area (Å²) in [6, 6.07) is 0.181. The minimum absolute atomic E-state index is 0.181. The van der Waals surface area contributed by atoms with E-state index < -0.39 is 0 Å². The smallest absolute Gasteiger partial charge is 0.410 e. The van der Waals surface area contributed by atoms with Crippen LogP contribution in [0.25, 0.3) is 0 Å². The molecule has 0 radical (unpaired) electrons. The SMILES string of the molecule is CCN1C(=O)OC(C)(C)[C@@H]1C. The Hall–Kier alpha value is -0.730. The normalized spacial score (nSPS) is 28.9. The zero-order valence-electron chi connectivity index (χ0n) is 7.55. The number of ether oxygens (including phenoxy) is 1. The first kappa shape index (κ1) is 8.37. The molecule has 1 aliphatic heterocycles. The summed E-state index contributed by atoms with van der Waals surface area (Å²) < 4.78 is 5.15. The van der Waals surface area contributed by atoms with E-state index in [9.17, 15) is 4.79 Å². The summed E-state index contributed by atoms with van der Waals surface area (Å²) in [6.45, 7) is 8.56. The van der Waals surface area contributed by atoms with E-state index in [1.807, 2.05) is 27.7 Å². The van der Waals surface area contributed by atoms with E-state index in [-0.39, 0.29) is 17.7 Å². The number of amides is 1. The second-order valence-corrected chi connectivity index (χ2v) is 3.43. The summed E-state index contributed by atoms with van der Waals surface area (Å²) in [6.07, 6.45) is -0.190. The fraction of sp³-hybridized carbons (Fsp3) is 0.875. The molecule has 0 unspecified atom stereocenters. The van der Waals surface area contributed by atoms with Gasteiger partial charge >= 0.3 is 6.09 Å². The van der Waals surface area contributed by atoms with Gasteiger partial charge in [0.05, 0.1) is 6.04 Å². The predicted molar refractivity (Wildman–Crippen MR) is 42.4 cm³/mol. The molecule has 0 bridgehead atoms. The van der Waals surface area contributed by atoms with Gasteiger partial charge in [-0.2, -0.15) is 0 Å². The van der Waals surface area contributed by atoms with Gasteiger partial charge in [0.2, 0.25) is 0 Å². The van der Waals surface area contributed by atoms with Crippen molar-refractivity contribution in [3.8, 4) is 0 Å². The fourth-order valence-corrected chi connectivity index (χ4v) is 1.31. The molecule has 0 aromatic carbocycles. The lowest BCUT2D eigenvalue weighted by Gasteiger charge is -2.23. The molecule has 0 spiro atoms. The maximum absolute atomic E-state index is 11.1. The largest absolute Gasteiger partial charge is 0.441 e. The van der Waals surface area contributed by atoms with E-state index in [2.05, 4.69) is 0 Å². The minimum Gasteiger partial charge on any atom is -0.441 e. The van der Waals surface area contributed by atoms with Gasteiger partial charge in [-0.1, -0.05) is 0 Å². The number of hydrogen-bond donors (Lipinski definition) is 0. The highest BCUT2D eigenvalue weighted by molar-refractivity contribution is 5.71. The Morgan fingerprint density at radius 2 is 2.18 bits per heavy atom. The topological polar surface area (TPSA) is 29.5 Å². The van der Waals surface area contributed by atoms with Crippen molar-refractivity contribution in [1.29, 1.82) is 0 Å². The van der Waals surface area contributed by atoms with E-state index >= 15 is 0 Å². The Balaban J connectivity index is 2.79. The van der Waals surface area contributed by atoms with Crippen LogP contribution in [-0.2, 0) is 4.74 Å². The number of hydrogen-bond acceptors (Lipinski definition) is 2. The van der Waals surface area contributed by atoms with Gasteiger partial charge < -0.3 is 9.64 Å². The van der Waals surface area contributed by atoms with Crippen LogP contribution in [0, 0.1) is 0 Å². The van der Waals surface area contributed by atoms with Crippen LogP contribution in [0.15, 0.2) is 0 Å². The molecule has 0 aromatic heterocycles. The quantitative estimate of drug-likeness (QED) is 0.579. The summed E-state index contributed by atoms with van der Waals surface area (Å²) in [5, 5.41) is 0. The second-order valence-electron chi connectivity index (χ2n) is 3.43. The third-order valence-electron chi connectivity index (χ3n) is 2.40. The fourth-order valence-electron chi connectivity index (χ4n) is 1.31. The molecule has 1 saturated heterocycles. The van der Waals surface area contributed by atoms with E-state index in [4.69, 9.17) is 4.74 Å². The molecule has 3 heteroatoms. The van der Waals surface area contributed by atoms with Gasteiger partial charge in [-0.05, 0) is 27.7 Å². The van der Waals surface area contributed by atoms with Crippen LogP contribution in [0.4, 0.5) is 4.79 Å². The highest BCUT2D eigenvalue weighted by Gasteiger charge is 2.43. The van der Waals surface area contributed by atoms with Crippen molar-refractivity contribution >= 4 is 6.09 Å². The lowest BCUT2D eigenvalue weighted by molar-refractivity contribution is 0.0715. The minimum atomic E-state index is -0.326. The number of carbonyl (C=O) groups is 1. The number of nitrogens with zero attached hydrogens (tertiary/aromatic N) is 1. The highest BCUT2D eigenvalue weighted by Crippen LogP contribution is 2.28. The Morgan fingerprint density at radius 1 is 1.64 bits per heavy atom. The third-order valence-corrected chi connectivity index (χ3v) is 2.40. The highest BCUT2D eigenvalue weighted by atomic mass is 16.6. The number of likely N-dealkylation sites (N-methyl/N-ethyl adjacent to an activating group) is 1. The third kappa shape index (κ3) is 1.19. The summed E-state index contributed by atoms with van der Waals surface area (Å²) >= 11 is 0. The number of rotatable bonds is 1. The van der Waals surface area contributed by atoms with Gasteiger partial charge in [0.25, 0.3) is 0 Å². The first-order valence-corrected chi connectivity index (χ1v) is 3.98. The molecule has 0 saturated carbocycles. The van der Waals surface area contributed by atoms with Crippen LogP contribution in [0.1, 0.15) is 27.7 Å². The molecule has 0 aliphatic carbocycles. The Kier molecular flexibility index (Phi) is 1.82. The summed E-state index contributed by atoms with van der Waals surface area (Å²) in [7, 11) is 0. The van der Waals surface area contributed by atoms with Crippen LogP contribution in [-0.4, -0.2) is 29.2 Å². The molecule has 3 nitrogen and oxygen atoms in total. The van der Waals surface area contributed by atoms with Crippen LogP contribution in [0.5, 0.6) is 0 Å². The van der Waals surface area contributed by atoms with E-state index in [0.29, 0.717) is 0 Å². The lowest BCUT2D eigenvalue weighted by atomic mass is 10.0. The average Bonchev–Trinajstić information content (AvgIpc) is 2.04. The van der Waals surface area contributed by atoms with Crippen LogP contribution in [0.3, 0.4) is 0 Å². The summed E-state index contributed by atoms with van der Waals surface area (Å²) in [5.41, 5.74) is -0.326. The summed E-state index contributed by atoms with van der Waals surface area (Å²) in [4.78, 5) is 12.9. The average molecular weight is 157 g/mol. The molecule has 1 aliphatic rings. The molecular weight excluding hydrogens is 142 g/mol. The van der Waals surface area contributed by atoms with Crippen molar-refractivity contribution in [1.82, 2.24) is 4.90 Å². The van der Waals surface area contributed by atoms with Crippen molar-refractivity contribution in [2.45, 2.75) is 39.3 Å². The Morgan fingerprint density at radius 3 is 2.36 bits per heavy atom. The molecule has 1 amide bonds. The molecule has 0 aromatic rings. The van der Waals surface area contributed by atoms with Gasteiger partial charge in [0.15, 0.2) is 0 Å². The first-order chi connectivity index (χ1) is 4.99. The molecular formula is C8H15NO2. The van der Waals surface area contributed by atoms with Gasteiger partial charge in [0, 0.05) is 6.54 Å². The Labute approximate surface area is 67.3 Å².